The van der Waals surface area contributed by atoms with Gasteiger partial charge in [0.05, 0.1) is 29.6 Å². The number of carbonyl (C=O) groups is 2. The third-order valence-corrected chi connectivity index (χ3v) is 5.85. The van der Waals surface area contributed by atoms with Crippen molar-refractivity contribution in [2.45, 2.75) is 26.2 Å². The predicted octanol–water partition coefficient (Wildman–Crippen LogP) is 4.12. The van der Waals surface area contributed by atoms with E-state index in [1.54, 1.807) is 37.1 Å². The van der Waals surface area contributed by atoms with Gasteiger partial charge < -0.3 is 15.0 Å². The molecular formula is C25H25FN4O3. The van der Waals surface area contributed by atoms with E-state index in [1.165, 1.54) is 18.3 Å². The number of benzene rings is 2. The van der Waals surface area contributed by atoms with E-state index >= 15 is 0 Å². The fourth-order valence-electron chi connectivity index (χ4n) is 4.07. The van der Waals surface area contributed by atoms with Crippen LogP contribution in [0.2, 0.25) is 0 Å². The molecule has 8 heteroatoms. The van der Waals surface area contributed by atoms with Crippen LogP contribution in [0.4, 0.5) is 10.1 Å². The van der Waals surface area contributed by atoms with Gasteiger partial charge in [-0.05, 0) is 44.0 Å². The van der Waals surface area contributed by atoms with Crippen molar-refractivity contribution < 1.29 is 18.7 Å². The standard InChI is InChI=1S/C25H25FN4O3/c1-15-7-6-8-18(22(15)33-3)25(32)30-12-11-17(14-30)23-27-13-19(16(2)28-23)24(31)29-21-10-5-4-9-20(21)26/h4-10,13,17H,11-12,14H2,1-3H3,(H,29,31)/t17-/m1/s1. The number of hydrogen-bond acceptors (Lipinski definition) is 5. The molecule has 3 aromatic rings. The molecule has 2 heterocycles. The smallest absolute Gasteiger partial charge is 0.259 e. The van der Waals surface area contributed by atoms with Gasteiger partial charge in [0.2, 0.25) is 0 Å². The molecule has 0 radical (unpaired) electrons. The van der Waals surface area contributed by atoms with Crippen molar-refractivity contribution in [1.29, 1.82) is 0 Å². The van der Waals surface area contributed by atoms with E-state index in [1.807, 2.05) is 19.1 Å². The number of halogens is 1. The lowest BCUT2D eigenvalue weighted by Gasteiger charge is -2.19. The molecule has 1 aromatic heterocycles. The Labute approximate surface area is 191 Å². The fourth-order valence-corrected chi connectivity index (χ4v) is 4.07. The SMILES string of the molecule is COc1c(C)cccc1C(=O)N1CC[C@@H](c2ncc(C(=O)Nc3ccccc3F)c(C)n2)C1. The van der Waals surface area contributed by atoms with E-state index in [0.717, 1.165) is 12.0 Å². The van der Waals surface area contributed by atoms with Crippen molar-refractivity contribution >= 4 is 17.5 Å². The van der Waals surface area contributed by atoms with E-state index < -0.39 is 11.7 Å². The van der Waals surface area contributed by atoms with Crippen LogP contribution in [-0.2, 0) is 0 Å². The normalized spacial score (nSPS) is 15.4. The monoisotopic (exact) mass is 448 g/mol. The Balaban J connectivity index is 1.47. The number of likely N-dealkylation sites (tertiary alicyclic amines) is 1. The first-order valence-electron chi connectivity index (χ1n) is 10.7. The van der Waals surface area contributed by atoms with Crippen LogP contribution >= 0.6 is 0 Å². The van der Waals surface area contributed by atoms with E-state index in [9.17, 15) is 14.0 Å². The summed E-state index contributed by atoms with van der Waals surface area (Å²) in [7, 11) is 1.56. The number of amides is 2. The van der Waals surface area contributed by atoms with Gasteiger partial charge in [0, 0.05) is 25.2 Å². The number of nitrogens with one attached hydrogen (secondary N) is 1. The average Bonchev–Trinajstić information content (AvgIpc) is 3.30. The van der Waals surface area contributed by atoms with Crippen LogP contribution in [0.5, 0.6) is 5.75 Å². The predicted molar refractivity (Wildman–Crippen MR) is 122 cm³/mol. The minimum Gasteiger partial charge on any atom is -0.496 e. The molecule has 4 rings (SSSR count). The van der Waals surface area contributed by atoms with Crippen LogP contribution in [0.3, 0.4) is 0 Å². The summed E-state index contributed by atoms with van der Waals surface area (Å²) in [6.45, 7) is 4.69. The molecule has 0 spiro atoms. The first-order valence-corrected chi connectivity index (χ1v) is 10.7. The molecule has 2 aromatic carbocycles. The molecule has 170 valence electrons. The topological polar surface area (TPSA) is 84.4 Å². The highest BCUT2D eigenvalue weighted by Crippen LogP contribution is 2.30. The lowest BCUT2D eigenvalue weighted by molar-refractivity contribution is 0.0787. The van der Waals surface area contributed by atoms with E-state index in [4.69, 9.17) is 4.74 Å². The Bertz CT molecular complexity index is 1210. The van der Waals surface area contributed by atoms with Crippen molar-refractivity contribution in [3.8, 4) is 5.75 Å². The number of anilines is 1. The zero-order valence-corrected chi connectivity index (χ0v) is 18.8. The zero-order chi connectivity index (χ0) is 23.5. The second kappa shape index (κ2) is 9.36. The van der Waals surface area contributed by atoms with Gasteiger partial charge in [0.25, 0.3) is 11.8 Å². The maximum absolute atomic E-state index is 13.8. The minimum atomic E-state index is -0.512. The van der Waals surface area contributed by atoms with E-state index in [-0.39, 0.29) is 23.1 Å². The first kappa shape index (κ1) is 22.4. The minimum absolute atomic E-state index is 0.0351. The summed E-state index contributed by atoms with van der Waals surface area (Å²) < 4.78 is 19.3. The molecule has 7 nitrogen and oxygen atoms in total. The molecule has 0 saturated carbocycles. The van der Waals surface area contributed by atoms with Crippen LogP contribution in [0.25, 0.3) is 0 Å². The van der Waals surface area contributed by atoms with Crippen LogP contribution in [0.1, 0.15) is 50.1 Å². The summed E-state index contributed by atoms with van der Waals surface area (Å²) in [5, 5.41) is 2.55. The summed E-state index contributed by atoms with van der Waals surface area (Å²) in [5.74, 6) is 0.0633. The number of para-hydroxylation sites is 2. The van der Waals surface area contributed by atoms with E-state index in [0.29, 0.717) is 35.9 Å². The molecule has 1 N–H and O–H groups in total. The van der Waals surface area contributed by atoms with E-state index in [2.05, 4.69) is 15.3 Å². The van der Waals surface area contributed by atoms with Crippen LogP contribution < -0.4 is 10.1 Å². The molecule has 1 fully saturated rings. The number of aryl methyl sites for hydroxylation is 2. The highest BCUT2D eigenvalue weighted by molar-refractivity contribution is 6.04. The largest absolute Gasteiger partial charge is 0.496 e. The maximum atomic E-state index is 13.8. The van der Waals surface area contributed by atoms with Gasteiger partial charge in [0.15, 0.2) is 0 Å². The van der Waals surface area contributed by atoms with Crippen LogP contribution in [0, 0.1) is 19.7 Å². The van der Waals surface area contributed by atoms with Crippen molar-refractivity contribution in [3.63, 3.8) is 0 Å². The molecule has 1 atom stereocenters. The molecule has 1 aliphatic rings. The number of rotatable bonds is 5. The number of hydrogen-bond donors (Lipinski definition) is 1. The summed E-state index contributed by atoms with van der Waals surface area (Å²) in [5.41, 5.74) is 2.32. The van der Waals surface area contributed by atoms with Gasteiger partial charge >= 0.3 is 0 Å². The Morgan fingerprint density at radius 1 is 1.12 bits per heavy atom. The Kier molecular flexibility index (Phi) is 6.35. The van der Waals surface area contributed by atoms with Gasteiger partial charge in [-0.25, -0.2) is 14.4 Å². The van der Waals surface area contributed by atoms with Crippen molar-refractivity contribution in [3.05, 3.63) is 82.7 Å². The fraction of sp³-hybridized carbons (Fsp3) is 0.280. The van der Waals surface area contributed by atoms with Gasteiger partial charge in [-0.2, -0.15) is 0 Å². The Morgan fingerprint density at radius 2 is 1.91 bits per heavy atom. The summed E-state index contributed by atoms with van der Waals surface area (Å²) in [6.07, 6.45) is 2.18. The van der Waals surface area contributed by atoms with Crippen molar-refractivity contribution in [2.75, 3.05) is 25.5 Å². The molecule has 1 aliphatic heterocycles. The summed E-state index contributed by atoms with van der Waals surface area (Å²) in [6, 6.07) is 11.5. The summed E-state index contributed by atoms with van der Waals surface area (Å²) >= 11 is 0. The van der Waals surface area contributed by atoms with Crippen LogP contribution in [0.15, 0.2) is 48.7 Å². The number of nitrogens with zero attached hydrogens (tertiary/aromatic N) is 3. The lowest BCUT2D eigenvalue weighted by atomic mass is 10.1. The first-order chi connectivity index (χ1) is 15.9. The number of aromatic nitrogens is 2. The Hall–Kier alpha value is -3.81. The number of carbonyl (C=O) groups excluding carboxylic acids is 2. The van der Waals surface area contributed by atoms with Gasteiger partial charge in [-0.1, -0.05) is 24.3 Å². The number of ether oxygens (including phenoxy) is 1. The zero-order valence-electron chi connectivity index (χ0n) is 18.8. The second-order valence-electron chi connectivity index (χ2n) is 8.05. The molecule has 0 unspecified atom stereocenters. The summed E-state index contributed by atoms with van der Waals surface area (Å²) in [4.78, 5) is 36.4. The van der Waals surface area contributed by atoms with Crippen LogP contribution in [-0.4, -0.2) is 46.9 Å². The molecule has 0 bridgehead atoms. The van der Waals surface area contributed by atoms with Gasteiger partial charge in [-0.15, -0.1) is 0 Å². The lowest BCUT2D eigenvalue weighted by Crippen LogP contribution is -2.29. The molecule has 2 amide bonds. The second-order valence-corrected chi connectivity index (χ2v) is 8.05. The Morgan fingerprint density at radius 3 is 2.64 bits per heavy atom. The van der Waals surface area contributed by atoms with Gasteiger partial charge in [-0.3, -0.25) is 9.59 Å². The third-order valence-electron chi connectivity index (χ3n) is 5.85. The highest BCUT2D eigenvalue weighted by atomic mass is 19.1. The number of methoxy groups -OCH3 is 1. The van der Waals surface area contributed by atoms with Gasteiger partial charge in [0.1, 0.15) is 17.4 Å². The average molecular weight is 448 g/mol. The molecule has 0 aliphatic carbocycles. The molecule has 33 heavy (non-hydrogen) atoms. The molecular weight excluding hydrogens is 423 g/mol. The maximum Gasteiger partial charge on any atom is 0.259 e. The van der Waals surface area contributed by atoms with Crippen molar-refractivity contribution in [2.24, 2.45) is 0 Å². The quantitative estimate of drug-likeness (QED) is 0.635. The molecule has 1 saturated heterocycles. The highest BCUT2D eigenvalue weighted by Gasteiger charge is 2.31. The third kappa shape index (κ3) is 4.55. The van der Waals surface area contributed by atoms with Crippen molar-refractivity contribution in [1.82, 2.24) is 14.9 Å².